The van der Waals surface area contributed by atoms with Gasteiger partial charge in [0.2, 0.25) is 0 Å². The van der Waals surface area contributed by atoms with Crippen LogP contribution in [0, 0.1) is 0 Å². The molecule has 2 saturated heterocycles. The standard InChI is InChI=1S/C16H30N2O3S/c1-12-11-14(17-13-6-9-22(20)10-7-13)5-8-18(12)15(19)21-16(2,3)4/h12-14,17H,5-11H2,1-4H3. The highest BCUT2D eigenvalue weighted by atomic mass is 32.2. The number of rotatable bonds is 2. The number of amides is 1. The van der Waals surface area contributed by atoms with Crippen LogP contribution in [-0.2, 0) is 15.5 Å². The second kappa shape index (κ2) is 7.30. The molecule has 0 aromatic heterocycles. The van der Waals surface area contributed by atoms with Gasteiger partial charge in [0, 0.05) is 47.0 Å². The van der Waals surface area contributed by atoms with E-state index < -0.39 is 16.4 Å². The Kier molecular flexibility index (Phi) is 5.88. The van der Waals surface area contributed by atoms with Gasteiger partial charge in [-0.05, 0) is 53.4 Å². The first-order valence-corrected chi connectivity index (χ1v) is 9.84. The van der Waals surface area contributed by atoms with Gasteiger partial charge in [0.15, 0.2) is 0 Å². The average Bonchev–Trinajstić information content (AvgIpc) is 2.39. The maximum atomic E-state index is 12.2. The van der Waals surface area contributed by atoms with Gasteiger partial charge < -0.3 is 15.0 Å². The third kappa shape index (κ3) is 5.23. The number of carbonyl (C=O) groups is 1. The Morgan fingerprint density at radius 3 is 2.36 bits per heavy atom. The summed E-state index contributed by atoms with van der Waals surface area (Å²) in [5.41, 5.74) is -0.441. The molecule has 0 aliphatic carbocycles. The summed E-state index contributed by atoms with van der Waals surface area (Å²) in [5.74, 6) is 1.65. The average molecular weight is 330 g/mol. The molecule has 2 fully saturated rings. The van der Waals surface area contributed by atoms with Crippen molar-refractivity contribution in [1.82, 2.24) is 10.2 Å². The van der Waals surface area contributed by atoms with Crippen LogP contribution in [0.3, 0.4) is 0 Å². The van der Waals surface area contributed by atoms with Crippen LogP contribution < -0.4 is 5.32 Å². The SMILES string of the molecule is CC1CC(NC2CCS(=O)CC2)CCN1C(=O)OC(C)(C)C. The highest BCUT2D eigenvalue weighted by molar-refractivity contribution is 7.85. The van der Waals surface area contributed by atoms with Crippen LogP contribution in [0.4, 0.5) is 4.79 Å². The molecule has 2 atom stereocenters. The molecule has 6 heteroatoms. The molecule has 0 bridgehead atoms. The van der Waals surface area contributed by atoms with E-state index in [-0.39, 0.29) is 12.1 Å². The van der Waals surface area contributed by atoms with Crippen molar-refractivity contribution in [3.63, 3.8) is 0 Å². The van der Waals surface area contributed by atoms with Crippen molar-refractivity contribution in [3.05, 3.63) is 0 Å². The first-order chi connectivity index (χ1) is 10.2. The predicted molar refractivity (Wildman–Crippen MR) is 89.5 cm³/mol. The predicted octanol–water partition coefficient (Wildman–Crippen LogP) is 2.28. The van der Waals surface area contributed by atoms with Crippen LogP contribution >= 0.6 is 0 Å². The fraction of sp³-hybridized carbons (Fsp3) is 0.938. The highest BCUT2D eigenvalue weighted by Crippen LogP contribution is 2.22. The van der Waals surface area contributed by atoms with Gasteiger partial charge in [0.05, 0.1) is 0 Å². The normalized spacial score (nSPS) is 33.5. The zero-order valence-corrected chi connectivity index (χ0v) is 15.1. The van der Waals surface area contributed by atoms with Gasteiger partial charge in [-0.25, -0.2) is 4.79 Å². The van der Waals surface area contributed by atoms with E-state index in [9.17, 15) is 9.00 Å². The third-order valence-electron chi connectivity index (χ3n) is 4.36. The molecule has 0 aromatic carbocycles. The Balaban J connectivity index is 1.79. The Hall–Kier alpha value is -0.620. The molecule has 22 heavy (non-hydrogen) atoms. The van der Waals surface area contributed by atoms with Gasteiger partial charge in [-0.2, -0.15) is 0 Å². The lowest BCUT2D eigenvalue weighted by Crippen LogP contribution is -2.53. The van der Waals surface area contributed by atoms with Crippen molar-refractivity contribution < 1.29 is 13.7 Å². The lowest BCUT2D eigenvalue weighted by molar-refractivity contribution is 0.00894. The Morgan fingerprint density at radius 2 is 1.82 bits per heavy atom. The first kappa shape index (κ1) is 17.7. The molecule has 1 N–H and O–H groups in total. The molecule has 5 nitrogen and oxygen atoms in total. The molecule has 1 amide bonds. The summed E-state index contributed by atoms with van der Waals surface area (Å²) < 4.78 is 16.9. The molecule has 128 valence electrons. The number of carbonyl (C=O) groups excluding carboxylic acids is 1. The Bertz CT molecular complexity index is 412. The zero-order chi connectivity index (χ0) is 16.3. The largest absolute Gasteiger partial charge is 0.444 e. The lowest BCUT2D eigenvalue weighted by Gasteiger charge is -2.40. The summed E-state index contributed by atoms with van der Waals surface area (Å²) in [6.45, 7) is 8.53. The molecule has 2 aliphatic rings. The monoisotopic (exact) mass is 330 g/mol. The molecule has 2 unspecified atom stereocenters. The minimum atomic E-state index is -0.606. The quantitative estimate of drug-likeness (QED) is 0.844. The van der Waals surface area contributed by atoms with E-state index in [4.69, 9.17) is 4.74 Å². The number of hydrogen-bond acceptors (Lipinski definition) is 4. The van der Waals surface area contributed by atoms with E-state index in [1.807, 2.05) is 25.7 Å². The zero-order valence-electron chi connectivity index (χ0n) is 14.3. The van der Waals surface area contributed by atoms with E-state index in [0.29, 0.717) is 12.1 Å². The molecular weight excluding hydrogens is 300 g/mol. The number of nitrogens with zero attached hydrogens (tertiary/aromatic N) is 1. The molecule has 0 radical (unpaired) electrons. The minimum absolute atomic E-state index is 0.193. The highest BCUT2D eigenvalue weighted by Gasteiger charge is 2.32. The lowest BCUT2D eigenvalue weighted by atomic mass is 9.97. The summed E-state index contributed by atoms with van der Waals surface area (Å²) in [6, 6.07) is 1.13. The van der Waals surface area contributed by atoms with Crippen LogP contribution in [0.5, 0.6) is 0 Å². The molecular formula is C16H30N2O3S. The van der Waals surface area contributed by atoms with Crippen LogP contribution in [0.2, 0.25) is 0 Å². The van der Waals surface area contributed by atoms with Gasteiger partial charge in [-0.3, -0.25) is 4.21 Å². The smallest absolute Gasteiger partial charge is 0.410 e. The van der Waals surface area contributed by atoms with Crippen LogP contribution in [-0.4, -0.2) is 57.0 Å². The summed E-state index contributed by atoms with van der Waals surface area (Å²) in [5, 5.41) is 3.70. The number of piperidine rings is 1. The van der Waals surface area contributed by atoms with Gasteiger partial charge in [-0.15, -0.1) is 0 Å². The van der Waals surface area contributed by atoms with Crippen molar-refractivity contribution >= 4 is 16.9 Å². The molecule has 2 heterocycles. The maximum absolute atomic E-state index is 12.2. The van der Waals surface area contributed by atoms with Gasteiger partial charge >= 0.3 is 6.09 Å². The number of hydrogen-bond donors (Lipinski definition) is 1. The second-order valence-corrected chi connectivity index (χ2v) is 9.23. The number of ether oxygens (including phenoxy) is 1. The van der Waals surface area contributed by atoms with Gasteiger partial charge in [0.1, 0.15) is 5.60 Å². The van der Waals surface area contributed by atoms with E-state index in [1.165, 1.54) is 0 Å². The Morgan fingerprint density at radius 1 is 1.18 bits per heavy atom. The van der Waals surface area contributed by atoms with E-state index in [2.05, 4.69) is 12.2 Å². The second-order valence-electron chi connectivity index (χ2n) is 7.53. The van der Waals surface area contributed by atoms with Crippen molar-refractivity contribution in [2.75, 3.05) is 18.1 Å². The van der Waals surface area contributed by atoms with Crippen molar-refractivity contribution in [1.29, 1.82) is 0 Å². The third-order valence-corrected chi connectivity index (χ3v) is 5.75. The van der Waals surface area contributed by atoms with Crippen molar-refractivity contribution in [2.45, 2.75) is 77.1 Å². The van der Waals surface area contributed by atoms with Gasteiger partial charge in [-0.1, -0.05) is 0 Å². The number of nitrogens with one attached hydrogen (secondary N) is 1. The van der Waals surface area contributed by atoms with Gasteiger partial charge in [0.25, 0.3) is 0 Å². The van der Waals surface area contributed by atoms with E-state index in [0.717, 1.165) is 43.7 Å². The minimum Gasteiger partial charge on any atom is -0.444 e. The molecule has 2 rings (SSSR count). The summed E-state index contributed by atoms with van der Waals surface area (Å²) in [7, 11) is -0.606. The summed E-state index contributed by atoms with van der Waals surface area (Å²) >= 11 is 0. The number of likely N-dealkylation sites (tertiary alicyclic amines) is 1. The van der Waals surface area contributed by atoms with E-state index >= 15 is 0 Å². The van der Waals surface area contributed by atoms with Crippen molar-refractivity contribution in [3.8, 4) is 0 Å². The Labute approximate surface area is 136 Å². The molecule has 2 aliphatic heterocycles. The molecule has 0 spiro atoms. The van der Waals surface area contributed by atoms with Crippen LogP contribution in [0.25, 0.3) is 0 Å². The molecule has 0 aromatic rings. The van der Waals surface area contributed by atoms with Crippen LogP contribution in [0.1, 0.15) is 53.4 Å². The van der Waals surface area contributed by atoms with E-state index in [1.54, 1.807) is 0 Å². The van der Waals surface area contributed by atoms with Crippen LogP contribution in [0.15, 0.2) is 0 Å². The van der Waals surface area contributed by atoms with Crippen molar-refractivity contribution in [2.24, 2.45) is 0 Å². The molecule has 0 saturated carbocycles. The maximum Gasteiger partial charge on any atom is 0.410 e. The summed E-state index contributed by atoms with van der Waals surface area (Å²) in [6.07, 6.45) is 3.73. The first-order valence-electron chi connectivity index (χ1n) is 8.35. The fourth-order valence-electron chi connectivity index (χ4n) is 3.21. The topological polar surface area (TPSA) is 58.6 Å². The fourth-order valence-corrected chi connectivity index (χ4v) is 4.51. The summed E-state index contributed by atoms with van der Waals surface area (Å²) in [4.78, 5) is 14.1.